The molecule has 0 amide bonds. The van der Waals surface area contributed by atoms with E-state index < -0.39 is 0 Å². The van der Waals surface area contributed by atoms with E-state index in [4.69, 9.17) is 16.3 Å². The fourth-order valence-corrected chi connectivity index (χ4v) is 1.97. The van der Waals surface area contributed by atoms with Gasteiger partial charge in [0.1, 0.15) is 18.2 Å². The molecule has 1 N–H and O–H groups in total. The lowest BCUT2D eigenvalue weighted by Crippen LogP contribution is -2.02. The molecular weight excluding hydrogens is 316 g/mol. The van der Waals surface area contributed by atoms with Gasteiger partial charge >= 0.3 is 0 Å². The van der Waals surface area contributed by atoms with Crippen LogP contribution in [0.3, 0.4) is 0 Å². The number of pyridine rings is 1. The summed E-state index contributed by atoms with van der Waals surface area (Å²) in [6, 6.07) is 11.3. The molecule has 18 heavy (non-hydrogen) atoms. The van der Waals surface area contributed by atoms with Crippen LogP contribution in [0.4, 0.5) is 5.82 Å². The third-order valence-corrected chi connectivity index (χ3v) is 3.18. The van der Waals surface area contributed by atoms with E-state index >= 15 is 0 Å². The van der Waals surface area contributed by atoms with Gasteiger partial charge in [-0.1, -0.05) is 33.6 Å². The molecule has 0 radical (unpaired) electrons. The third-order valence-electron chi connectivity index (χ3n) is 2.35. The van der Waals surface area contributed by atoms with Gasteiger partial charge in [-0.2, -0.15) is 0 Å². The fourth-order valence-electron chi connectivity index (χ4n) is 1.43. The molecule has 3 nitrogen and oxygen atoms in total. The van der Waals surface area contributed by atoms with E-state index in [1.54, 1.807) is 6.07 Å². The average Bonchev–Trinajstić information content (AvgIpc) is 2.38. The topological polar surface area (TPSA) is 34.1 Å². The SMILES string of the molecule is CNc1ccc(Cl)c(COc2cccc(Br)c2)n1. The quantitative estimate of drug-likeness (QED) is 0.917. The fraction of sp³-hybridized carbons (Fsp3) is 0.154. The number of hydrogen-bond donors (Lipinski definition) is 1. The molecule has 0 bridgehead atoms. The highest BCUT2D eigenvalue weighted by Gasteiger charge is 2.05. The Morgan fingerprint density at radius 3 is 2.89 bits per heavy atom. The number of halogens is 2. The van der Waals surface area contributed by atoms with E-state index in [0.717, 1.165) is 16.0 Å². The van der Waals surface area contributed by atoms with E-state index in [9.17, 15) is 0 Å². The molecule has 0 atom stereocenters. The average molecular weight is 328 g/mol. The van der Waals surface area contributed by atoms with Gasteiger partial charge in [0.15, 0.2) is 0 Å². The van der Waals surface area contributed by atoms with Gasteiger partial charge in [0.05, 0.1) is 10.7 Å². The monoisotopic (exact) mass is 326 g/mol. The second-order valence-electron chi connectivity index (χ2n) is 3.62. The van der Waals surface area contributed by atoms with Crippen LogP contribution in [0, 0.1) is 0 Å². The summed E-state index contributed by atoms with van der Waals surface area (Å²) < 4.78 is 6.62. The Morgan fingerprint density at radius 2 is 2.17 bits per heavy atom. The largest absolute Gasteiger partial charge is 0.487 e. The van der Waals surface area contributed by atoms with Crippen LogP contribution in [0.1, 0.15) is 5.69 Å². The third kappa shape index (κ3) is 3.37. The van der Waals surface area contributed by atoms with Crippen molar-refractivity contribution in [2.75, 3.05) is 12.4 Å². The van der Waals surface area contributed by atoms with Gasteiger partial charge in [0.25, 0.3) is 0 Å². The van der Waals surface area contributed by atoms with Gasteiger partial charge in [0, 0.05) is 11.5 Å². The minimum atomic E-state index is 0.338. The molecule has 0 spiro atoms. The molecule has 5 heteroatoms. The van der Waals surface area contributed by atoms with Gasteiger partial charge < -0.3 is 10.1 Å². The smallest absolute Gasteiger partial charge is 0.132 e. The van der Waals surface area contributed by atoms with Gasteiger partial charge in [-0.15, -0.1) is 0 Å². The lowest BCUT2D eigenvalue weighted by molar-refractivity contribution is 0.301. The summed E-state index contributed by atoms with van der Waals surface area (Å²) in [6.07, 6.45) is 0. The number of nitrogens with zero attached hydrogens (tertiary/aromatic N) is 1. The molecule has 0 saturated carbocycles. The molecule has 94 valence electrons. The maximum absolute atomic E-state index is 6.07. The van der Waals surface area contributed by atoms with E-state index in [0.29, 0.717) is 17.3 Å². The van der Waals surface area contributed by atoms with Crippen molar-refractivity contribution < 1.29 is 4.74 Å². The Labute approximate surface area is 119 Å². The number of ether oxygens (including phenoxy) is 1. The van der Waals surface area contributed by atoms with Gasteiger partial charge in [-0.25, -0.2) is 4.98 Å². The summed E-state index contributed by atoms with van der Waals surface area (Å²) in [5, 5.41) is 3.57. The van der Waals surface area contributed by atoms with Crippen LogP contribution < -0.4 is 10.1 Å². The molecule has 0 unspecified atom stereocenters. The summed E-state index contributed by atoms with van der Waals surface area (Å²) in [6.45, 7) is 0.338. The van der Waals surface area contributed by atoms with Crippen LogP contribution in [-0.2, 0) is 6.61 Å². The van der Waals surface area contributed by atoms with Crippen LogP contribution in [0.5, 0.6) is 5.75 Å². The normalized spacial score (nSPS) is 10.2. The first-order valence-corrected chi connectivity index (χ1v) is 6.57. The lowest BCUT2D eigenvalue weighted by Gasteiger charge is -2.09. The Kier molecular flexibility index (Phi) is 4.44. The maximum Gasteiger partial charge on any atom is 0.132 e. The highest BCUT2D eigenvalue weighted by molar-refractivity contribution is 9.10. The second-order valence-corrected chi connectivity index (χ2v) is 4.94. The Bertz CT molecular complexity index is 548. The maximum atomic E-state index is 6.07. The molecule has 1 aromatic heterocycles. The minimum absolute atomic E-state index is 0.338. The summed E-state index contributed by atoms with van der Waals surface area (Å²) >= 11 is 9.47. The first-order valence-electron chi connectivity index (χ1n) is 5.40. The van der Waals surface area contributed by atoms with E-state index in [1.165, 1.54) is 0 Å². The standard InChI is InChI=1S/C13H12BrClN2O/c1-16-13-6-5-11(15)12(17-13)8-18-10-4-2-3-9(14)7-10/h2-7H,8H2,1H3,(H,16,17). The van der Waals surface area contributed by atoms with Crippen molar-refractivity contribution in [1.82, 2.24) is 4.98 Å². The molecule has 0 aliphatic carbocycles. The molecule has 0 aliphatic rings. The van der Waals surface area contributed by atoms with Gasteiger partial charge in [-0.3, -0.25) is 0 Å². The highest BCUT2D eigenvalue weighted by atomic mass is 79.9. The molecule has 0 aliphatic heterocycles. The van der Waals surface area contributed by atoms with Crippen LogP contribution in [0.2, 0.25) is 5.02 Å². The number of aromatic nitrogens is 1. The molecule has 1 heterocycles. The van der Waals surface area contributed by atoms with Crippen molar-refractivity contribution in [1.29, 1.82) is 0 Å². The second kappa shape index (κ2) is 6.07. The predicted molar refractivity (Wildman–Crippen MR) is 77.3 cm³/mol. The number of hydrogen-bond acceptors (Lipinski definition) is 3. The Balaban J connectivity index is 2.10. The molecular formula is C13H12BrClN2O. The molecule has 0 fully saturated rings. The van der Waals surface area contributed by atoms with Crippen molar-refractivity contribution in [2.45, 2.75) is 6.61 Å². The van der Waals surface area contributed by atoms with E-state index in [-0.39, 0.29) is 0 Å². The Hall–Kier alpha value is -1.26. The van der Waals surface area contributed by atoms with Gasteiger partial charge in [0.2, 0.25) is 0 Å². The zero-order valence-electron chi connectivity index (χ0n) is 9.78. The van der Waals surface area contributed by atoms with Crippen LogP contribution in [0.15, 0.2) is 40.9 Å². The molecule has 2 rings (SSSR count). The summed E-state index contributed by atoms with van der Waals surface area (Å²) in [4.78, 5) is 4.35. The minimum Gasteiger partial charge on any atom is -0.487 e. The van der Waals surface area contributed by atoms with E-state index in [2.05, 4.69) is 26.2 Å². The number of benzene rings is 1. The molecule has 2 aromatic rings. The highest BCUT2D eigenvalue weighted by Crippen LogP contribution is 2.21. The van der Waals surface area contributed by atoms with Crippen molar-refractivity contribution in [3.05, 3.63) is 51.6 Å². The zero-order chi connectivity index (χ0) is 13.0. The summed E-state index contributed by atoms with van der Waals surface area (Å²) in [7, 11) is 1.81. The summed E-state index contributed by atoms with van der Waals surface area (Å²) in [5.41, 5.74) is 0.712. The van der Waals surface area contributed by atoms with Crippen molar-refractivity contribution in [3.8, 4) is 5.75 Å². The zero-order valence-corrected chi connectivity index (χ0v) is 12.1. The predicted octanol–water partition coefficient (Wildman–Crippen LogP) is 4.12. The van der Waals surface area contributed by atoms with Crippen LogP contribution in [-0.4, -0.2) is 12.0 Å². The van der Waals surface area contributed by atoms with Crippen molar-refractivity contribution in [3.63, 3.8) is 0 Å². The van der Waals surface area contributed by atoms with Crippen LogP contribution >= 0.6 is 27.5 Å². The number of nitrogens with one attached hydrogen (secondary N) is 1. The summed E-state index contributed by atoms with van der Waals surface area (Å²) in [5.74, 6) is 1.55. The first-order chi connectivity index (χ1) is 8.69. The van der Waals surface area contributed by atoms with Crippen molar-refractivity contribution >= 4 is 33.3 Å². The van der Waals surface area contributed by atoms with Crippen LogP contribution in [0.25, 0.3) is 0 Å². The van der Waals surface area contributed by atoms with Gasteiger partial charge in [-0.05, 0) is 30.3 Å². The number of rotatable bonds is 4. The van der Waals surface area contributed by atoms with Crippen molar-refractivity contribution in [2.24, 2.45) is 0 Å². The Morgan fingerprint density at radius 1 is 1.33 bits per heavy atom. The lowest BCUT2D eigenvalue weighted by atomic mass is 10.3. The first kappa shape index (κ1) is 13.2. The molecule has 1 aromatic carbocycles. The number of anilines is 1. The molecule has 0 saturated heterocycles. The van der Waals surface area contributed by atoms with E-state index in [1.807, 2.05) is 37.4 Å².